The summed E-state index contributed by atoms with van der Waals surface area (Å²) in [7, 11) is 2.16. The number of piperazine rings is 1. The standard InChI is InChI=1S/C18H22N2O2.C3H8.C2H6/c1-14(21)13-22-16-7-6-15-4-3-5-18(17(15)12-16)20-10-8-19(2)9-11-20;1-3-2;1-2/h3-7,12H,8-11,13H2,1-2H3;3H2,1-2H3;1-2H3. The van der Waals surface area contributed by atoms with Gasteiger partial charge < -0.3 is 14.5 Å². The average Bonchev–Trinajstić information content (AvgIpc) is 2.68. The Morgan fingerprint density at radius 1 is 1.04 bits per heavy atom. The number of hydrogen-bond donors (Lipinski definition) is 0. The summed E-state index contributed by atoms with van der Waals surface area (Å²) in [6.45, 7) is 14.1. The fourth-order valence-electron chi connectivity index (χ4n) is 2.83. The molecule has 1 fully saturated rings. The van der Waals surface area contributed by atoms with Gasteiger partial charge in [-0.05, 0) is 37.6 Å². The molecule has 2 aromatic carbocycles. The van der Waals surface area contributed by atoms with Crippen LogP contribution in [0.15, 0.2) is 36.4 Å². The first kappa shape index (κ1) is 23.0. The number of fused-ring (bicyclic) bond motifs is 1. The van der Waals surface area contributed by atoms with Crippen molar-refractivity contribution in [2.45, 2.75) is 41.0 Å². The van der Waals surface area contributed by atoms with Crippen LogP contribution < -0.4 is 9.64 Å². The van der Waals surface area contributed by atoms with Gasteiger partial charge in [0.1, 0.15) is 12.4 Å². The third-order valence-corrected chi connectivity index (χ3v) is 4.12. The molecule has 150 valence electrons. The minimum Gasteiger partial charge on any atom is -0.486 e. The molecule has 0 saturated carbocycles. The summed E-state index contributed by atoms with van der Waals surface area (Å²) >= 11 is 0. The molecule has 2 aromatic rings. The maximum atomic E-state index is 11.1. The largest absolute Gasteiger partial charge is 0.486 e. The first-order valence-corrected chi connectivity index (χ1v) is 10.1. The van der Waals surface area contributed by atoms with Crippen LogP contribution in [0.2, 0.25) is 0 Å². The van der Waals surface area contributed by atoms with Crippen LogP contribution in [0, 0.1) is 0 Å². The molecule has 27 heavy (non-hydrogen) atoms. The Morgan fingerprint density at radius 2 is 1.67 bits per heavy atom. The van der Waals surface area contributed by atoms with Crippen LogP contribution in [0.4, 0.5) is 5.69 Å². The van der Waals surface area contributed by atoms with Gasteiger partial charge in [0.2, 0.25) is 0 Å². The van der Waals surface area contributed by atoms with Gasteiger partial charge in [0.25, 0.3) is 0 Å². The van der Waals surface area contributed by atoms with Crippen molar-refractivity contribution in [3.05, 3.63) is 36.4 Å². The van der Waals surface area contributed by atoms with E-state index in [-0.39, 0.29) is 12.4 Å². The van der Waals surface area contributed by atoms with E-state index in [1.165, 1.54) is 29.8 Å². The Hall–Kier alpha value is -2.07. The van der Waals surface area contributed by atoms with E-state index in [0.29, 0.717) is 0 Å². The minimum atomic E-state index is 0.0347. The normalized spacial score (nSPS) is 13.9. The lowest BCUT2D eigenvalue weighted by molar-refractivity contribution is -0.118. The lowest BCUT2D eigenvalue weighted by atomic mass is 10.1. The average molecular weight is 373 g/mol. The van der Waals surface area contributed by atoms with E-state index >= 15 is 0 Å². The summed E-state index contributed by atoms with van der Waals surface area (Å²) in [6.07, 6.45) is 1.25. The van der Waals surface area contributed by atoms with E-state index in [1.54, 1.807) is 0 Å². The van der Waals surface area contributed by atoms with Crippen LogP contribution in [0.1, 0.15) is 41.0 Å². The van der Waals surface area contributed by atoms with Gasteiger partial charge in [0.15, 0.2) is 5.78 Å². The Balaban J connectivity index is 0.000000665. The van der Waals surface area contributed by atoms with Crippen molar-refractivity contribution in [2.75, 3.05) is 44.7 Å². The number of carbonyl (C=O) groups excluding carboxylic acids is 1. The number of likely N-dealkylation sites (N-methyl/N-ethyl adjacent to an activating group) is 1. The molecule has 0 amide bonds. The van der Waals surface area contributed by atoms with Gasteiger partial charge in [0, 0.05) is 37.3 Å². The minimum absolute atomic E-state index is 0.0347. The maximum Gasteiger partial charge on any atom is 0.167 e. The zero-order chi connectivity index (χ0) is 20.2. The second-order valence-electron chi connectivity index (χ2n) is 6.65. The Bertz CT molecular complexity index is 692. The van der Waals surface area contributed by atoms with Gasteiger partial charge in [-0.1, -0.05) is 52.3 Å². The summed E-state index contributed by atoms with van der Waals surface area (Å²) in [6, 6.07) is 12.4. The Morgan fingerprint density at radius 3 is 2.26 bits per heavy atom. The molecule has 1 aliphatic heterocycles. The van der Waals surface area contributed by atoms with E-state index in [0.717, 1.165) is 31.9 Å². The Kier molecular flexibility index (Phi) is 10.5. The predicted molar refractivity (Wildman–Crippen MR) is 117 cm³/mol. The SMILES string of the molecule is CC.CC(=O)COc1ccc2cccc(N3CCN(C)CC3)c2c1.CCC. The van der Waals surface area contributed by atoms with Gasteiger partial charge in [-0.3, -0.25) is 4.79 Å². The number of ketones is 1. The van der Waals surface area contributed by atoms with Crippen LogP contribution in [-0.4, -0.2) is 50.5 Å². The molecule has 0 atom stereocenters. The molecule has 0 bridgehead atoms. The fourth-order valence-corrected chi connectivity index (χ4v) is 2.83. The molecular formula is C23H36N2O2. The van der Waals surface area contributed by atoms with Gasteiger partial charge >= 0.3 is 0 Å². The fraction of sp³-hybridized carbons (Fsp3) is 0.522. The lowest BCUT2D eigenvalue weighted by Crippen LogP contribution is -2.44. The molecule has 0 spiro atoms. The van der Waals surface area contributed by atoms with E-state index in [1.807, 2.05) is 26.0 Å². The zero-order valence-corrected chi connectivity index (χ0v) is 17.9. The molecule has 0 aromatic heterocycles. The summed E-state index contributed by atoms with van der Waals surface area (Å²) in [5.74, 6) is 0.789. The number of nitrogens with zero attached hydrogens (tertiary/aromatic N) is 2. The number of carbonyl (C=O) groups is 1. The highest BCUT2D eigenvalue weighted by Gasteiger charge is 2.16. The van der Waals surface area contributed by atoms with Gasteiger partial charge in [-0.25, -0.2) is 0 Å². The van der Waals surface area contributed by atoms with Crippen molar-refractivity contribution in [3.8, 4) is 5.75 Å². The maximum absolute atomic E-state index is 11.1. The third-order valence-electron chi connectivity index (χ3n) is 4.12. The molecule has 0 N–H and O–H groups in total. The van der Waals surface area contributed by atoms with Crippen molar-refractivity contribution in [1.82, 2.24) is 4.90 Å². The van der Waals surface area contributed by atoms with Crippen LogP contribution in [0.25, 0.3) is 10.8 Å². The van der Waals surface area contributed by atoms with E-state index < -0.39 is 0 Å². The molecule has 0 radical (unpaired) electrons. The summed E-state index contributed by atoms with van der Waals surface area (Å²) in [4.78, 5) is 15.9. The second kappa shape index (κ2) is 12.3. The molecule has 0 aliphatic carbocycles. The number of ether oxygens (including phenoxy) is 1. The topological polar surface area (TPSA) is 32.8 Å². The third kappa shape index (κ3) is 7.22. The van der Waals surface area contributed by atoms with Crippen LogP contribution in [0.5, 0.6) is 5.75 Å². The molecule has 1 saturated heterocycles. The van der Waals surface area contributed by atoms with E-state index in [9.17, 15) is 4.79 Å². The van der Waals surface area contributed by atoms with E-state index in [2.05, 4.69) is 55.0 Å². The highest BCUT2D eigenvalue weighted by molar-refractivity contribution is 5.95. The van der Waals surface area contributed by atoms with Crippen molar-refractivity contribution in [2.24, 2.45) is 0 Å². The van der Waals surface area contributed by atoms with Crippen molar-refractivity contribution >= 4 is 22.2 Å². The summed E-state index contributed by atoms with van der Waals surface area (Å²) < 4.78 is 5.56. The quantitative estimate of drug-likeness (QED) is 0.756. The van der Waals surface area contributed by atoms with E-state index in [4.69, 9.17) is 4.74 Å². The van der Waals surface area contributed by atoms with Crippen molar-refractivity contribution in [1.29, 1.82) is 0 Å². The molecular weight excluding hydrogens is 336 g/mol. The molecule has 1 heterocycles. The molecule has 1 aliphatic rings. The smallest absolute Gasteiger partial charge is 0.167 e. The Labute approximate surface area is 165 Å². The predicted octanol–water partition coefficient (Wildman–Crippen LogP) is 5.00. The zero-order valence-electron chi connectivity index (χ0n) is 17.9. The van der Waals surface area contributed by atoms with Crippen molar-refractivity contribution in [3.63, 3.8) is 0 Å². The summed E-state index contributed by atoms with van der Waals surface area (Å²) in [5, 5.41) is 2.39. The highest BCUT2D eigenvalue weighted by Crippen LogP contribution is 2.30. The first-order valence-electron chi connectivity index (χ1n) is 10.1. The van der Waals surface area contributed by atoms with Crippen LogP contribution >= 0.6 is 0 Å². The number of Topliss-reactive ketones (excluding diaryl/α,β-unsaturated/α-hetero) is 1. The number of rotatable bonds is 4. The molecule has 0 unspecified atom stereocenters. The van der Waals surface area contributed by atoms with Gasteiger partial charge in [-0.2, -0.15) is 0 Å². The molecule has 4 nitrogen and oxygen atoms in total. The van der Waals surface area contributed by atoms with Crippen LogP contribution in [-0.2, 0) is 4.79 Å². The number of anilines is 1. The lowest BCUT2D eigenvalue weighted by Gasteiger charge is -2.34. The number of hydrogen-bond acceptors (Lipinski definition) is 4. The van der Waals surface area contributed by atoms with Gasteiger partial charge in [0.05, 0.1) is 0 Å². The van der Waals surface area contributed by atoms with Crippen molar-refractivity contribution < 1.29 is 9.53 Å². The first-order chi connectivity index (χ1) is 13.0. The molecule has 4 heteroatoms. The van der Waals surface area contributed by atoms with Crippen LogP contribution in [0.3, 0.4) is 0 Å². The monoisotopic (exact) mass is 372 g/mol. The highest BCUT2D eigenvalue weighted by atomic mass is 16.5. The number of benzene rings is 2. The second-order valence-corrected chi connectivity index (χ2v) is 6.65. The summed E-state index contributed by atoms with van der Waals surface area (Å²) in [5.41, 5.74) is 1.25. The molecule has 3 rings (SSSR count). The van der Waals surface area contributed by atoms with Gasteiger partial charge in [-0.15, -0.1) is 0 Å².